The number of pyridine rings is 1. The third-order valence-electron chi connectivity index (χ3n) is 2.89. The first-order valence-corrected chi connectivity index (χ1v) is 6.40. The Balaban J connectivity index is 2.80. The van der Waals surface area contributed by atoms with Gasteiger partial charge in [0.1, 0.15) is 5.65 Å². The molecule has 0 aromatic carbocycles. The summed E-state index contributed by atoms with van der Waals surface area (Å²) in [5.74, 6) is 0.374. The number of anilines is 1. The van der Waals surface area contributed by atoms with Gasteiger partial charge < -0.3 is 5.32 Å². The van der Waals surface area contributed by atoms with Crippen LogP contribution in [0, 0.1) is 0 Å². The molecule has 2 rings (SSSR count). The van der Waals surface area contributed by atoms with Gasteiger partial charge in [-0.05, 0) is 26.8 Å². The summed E-state index contributed by atoms with van der Waals surface area (Å²) in [6, 6.07) is 0.893. The van der Waals surface area contributed by atoms with E-state index < -0.39 is 17.5 Å². The van der Waals surface area contributed by atoms with Crippen LogP contribution in [0.3, 0.4) is 0 Å². The number of fused-ring (bicyclic) bond motifs is 1. The molecule has 2 aromatic rings. The van der Waals surface area contributed by atoms with Crippen molar-refractivity contribution in [3.63, 3.8) is 0 Å². The molecule has 0 aliphatic rings. The zero-order valence-electron chi connectivity index (χ0n) is 11.5. The molecule has 0 radical (unpaired) electrons. The average molecular weight is 282 g/mol. The van der Waals surface area contributed by atoms with Crippen molar-refractivity contribution >= 4 is 17.0 Å². The van der Waals surface area contributed by atoms with Crippen molar-refractivity contribution in [1.29, 1.82) is 0 Å². The Morgan fingerprint density at radius 1 is 1.40 bits per heavy atom. The van der Waals surface area contributed by atoms with Gasteiger partial charge in [-0.15, -0.1) is 0 Å². The summed E-state index contributed by atoms with van der Waals surface area (Å²) in [6.07, 6.45) is -1.37. The van der Waals surface area contributed by atoms with Crippen LogP contribution in [0.15, 0.2) is 17.1 Å². The predicted molar refractivity (Wildman–Crippen MR) is 73.3 cm³/mol. The largest absolute Gasteiger partial charge is 0.354 e. The Morgan fingerprint density at radius 2 is 2.10 bits per heavy atom. The van der Waals surface area contributed by atoms with E-state index in [1.807, 2.05) is 6.92 Å². The Hall–Kier alpha value is -2.05. The highest BCUT2D eigenvalue weighted by atomic mass is 19.3. The number of halogens is 2. The summed E-state index contributed by atoms with van der Waals surface area (Å²) < 4.78 is 27.1. The number of hydrogen-bond donors (Lipinski definition) is 1. The van der Waals surface area contributed by atoms with Crippen molar-refractivity contribution < 1.29 is 8.78 Å². The summed E-state index contributed by atoms with van der Waals surface area (Å²) in [6.45, 7) is 6.03. The SMILES string of the molecule is CCNc1ncc2cc(C(F)F)c(=O)n(C(C)C)c2n1. The van der Waals surface area contributed by atoms with Gasteiger partial charge in [0, 0.05) is 24.2 Å². The zero-order chi connectivity index (χ0) is 14.9. The molecular formula is C13H16F2N4O. The first kappa shape index (κ1) is 14.4. The second-order valence-corrected chi connectivity index (χ2v) is 4.67. The van der Waals surface area contributed by atoms with Crippen molar-refractivity contribution in [2.45, 2.75) is 33.2 Å². The molecule has 0 spiro atoms. The smallest absolute Gasteiger partial charge is 0.269 e. The maximum atomic E-state index is 12.9. The van der Waals surface area contributed by atoms with Crippen LogP contribution in [-0.4, -0.2) is 21.1 Å². The summed E-state index contributed by atoms with van der Waals surface area (Å²) in [5.41, 5.74) is -0.866. The van der Waals surface area contributed by atoms with Crippen LogP contribution in [0.2, 0.25) is 0 Å². The van der Waals surface area contributed by atoms with Crippen LogP contribution >= 0.6 is 0 Å². The monoisotopic (exact) mass is 282 g/mol. The van der Waals surface area contributed by atoms with Crippen molar-refractivity contribution in [3.8, 4) is 0 Å². The molecule has 0 amide bonds. The fraction of sp³-hybridized carbons (Fsp3) is 0.462. The Labute approximate surface area is 114 Å². The lowest BCUT2D eigenvalue weighted by atomic mass is 10.2. The van der Waals surface area contributed by atoms with Crippen molar-refractivity contribution in [2.24, 2.45) is 0 Å². The van der Waals surface area contributed by atoms with E-state index in [9.17, 15) is 13.6 Å². The first-order valence-electron chi connectivity index (χ1n) is 6.40. The summed E-state index contributed by atoms with van der Waals surface area (Å²) in [7, 11) is 0. The molecule has 0 bridgehead atoms. The van der Waals surface area contributed by atoms with E-state index in [0.29, 0.717) is 23.5 Å². The van der Waals surface area contributed by atoms with Gasteiger partial charge in [0.15, 0.2) is 0 Å². The first-order chi connectivity index (χ1) is 9.45. The van der Waals surface area contributed by atoms with Gasteiger partial charge in [-0.2, -0.15) is 4.98 Å². The van der Waals surface area contributed by atoms with E-state index in [4.69, 9.17) is 0 Å². The van der Waals surface area contributed by atoms with Crippen molar-refractivity contribution in [2.75, 3.05) is 11.9 Å². The molecule has 0 unspecified atom stereocenters. The average Bonchev–Trinajstić information content (AvgIpc) is 2.37. The van der Waals surface area contributed by atoms with Crippen LogP contribution in [0.5, 0.6) is 0 Å². The summed E-state index contributed by atoms with van der Waals surface area (Å²) >= 11 is 0. The summed E-state index contributed by atoms with van der Waals surface area (Å²) in [4.78, 5) is 20.4. The highest BCUT2D eigenvalue weighted by Crippen LogP contribution is 2.21. The molecule has 0 atom stereocenters. The second-order valence-electron chi connectivity index (χ2n) is 4.67. The quantitative estimate of drug-likeness (QED) is 0.936. The van der Waals surface area contributed by atoms with Crippen LogP contribution in [-0.2, 0) is 0 Å². The van der Waals surface area contributed by atoms with Gasteiger partial charge >= 0.3 is 0 Å². The molecule has 20 heavy (non-hydrogen) atoms. The van der Waals surface area contributed by atoms with Crippen molar-refractivity contribution in [1.82, 2.24) is 14.5 Å². The van der Waals surface area contributed by atoms with Gasteiger partial charge in [0.2, 0.25) is 5.95 Å². The number of nitrogens with one attached hydrogen (secondary N) is 1. The second kappa shape index (κ2) is 5.52. The van der Waals surface area contributed by atoms with Crippen LogP contribution < -0.4 is 10.9 Å². The molecule has 2 heterocycles. The molecular weight excluding hydrogens is 266 g/mol. The van der Waals surface area contributed by atoms with Crippen LogP contribution in [0.25, 0.3) is 11.0 Å². The molecule has 5 nitrogen and oxygen atoms in total. The highest BCUT2D eigenvalue weighted by molar-refractivity contribution is 5.76. The fourth-order valence-electron chi connectivity index (χ4n) is 2.02. The van der Waals surface area contributed by atoms with Gasteiger partial charge in [-0.3, -0.25) is 9.36 Å². The normalized spacial score (nSPS) is 11.6. The lowest BCUT2D eigenvalue weighted by molar-refractivity contribution is 0.149. The third kappa shape index (κ3) is 2.48. The molecule has 108 valence electrons. The van der Waals surface area contributed by atoms with E-state index in [1.54, 1.807) is 13.8 Å². The van der Waals surface area contributed by atoms with E-state index in [0.717, 1.165) is 6.07 Å². The number of alkyl halides is 2. The Kier molecular flexibility index (Phi) is 3.96. The maximum Gasteiger partial charge on any atom is 0.269 e. The van der Waals surface area contributed by atoms with E-state index in [1.165, 1.54) is 10.8 Å². The fourth-order valence-corrected chi connectivity index (χ4v) is 2.02. The van der Waals surface area contributed by atoms with E-state index in [-0.39, 0.29) is 6.04 Å². The highest BCUT2D eigenvalue weighted by Gasteiger charge is 2.19. The Bertz CT molecular complexity index is 682. The van der Waals surface area contributed by atoms with Gasteiger partial charge in [-0.1, -0.05) is 0 Å². The standard InChI is InChI=1S/C13H16F2N4O/c1-4-16-13-17-6-8-5-9(10(14)15)12(20)19(7(2)3)11(8)18-13/h5-7,10H,4H2,1-3H3,(H,16,17,18). The molecule has 0 saturated heterocycles. The predicted octanol–water partition coefficient (Wildman–Crippen LogP) is 2.74. The molecule has 2 aromatic heterocycles. The van der Waals surface area contributed by atoms with Gasteiger partial charge in [0.05, 0.1) is 5.56 Å². The topological polar surface area (TPSA) is 59.8 Å². The Morgan fingerprint density at radius 3 is 2.65 bits per heavy atom. The number of aromatic nitrogens is 3. The minimum absolute atomic E-state index is 0.270. The van der Waals surface area contributed by atoms with Crippen molar-refractivity contribution in [3.05, 3.63) is 28.2 Å². The lowest BCUT2D eigenvalue weighted by Gasteiger charge is -2.15. The molecule has 0 fully saturated rings. The number of hydrogen-bond acceptors (Lipinski definition) is 4. The van der Waals surface area contributed by atoms with Crippen LogP contribution in [0.1, 0.15) is 38.8 Å². The number of nitrogens with zero attached hydrogens (tertiary/aromatic N) is 3. The van der Waals surface area contributed by atoms with Crippen LogP contribution in [0.4, 0.5) is 14.7 Å². The van der Waals surface area contributed by atoms with E-state index in [2.05, 4.69) is 15.3 Å². The maximum absolute atomic E-state index is 12.9. The molecule has 0 saturated carbocycles. The van der Waals surface area contributed by atoms with E-state index >= 15 is 0 Å². The molecule has 1 N–H and O–H groups in total. The molecule has 0 aliphatic heterocycles. The number of rotatable bonds is 4. The lowest BCUT2D eigenvalue weighted by Crippen LogP contribution is -2.26. The summed E-state index contributed by atoms with van der Waals surface area (Å²) in [5, 5.41) is 3.36. The minimum atomic E-state index is -2.81. The van der Waals surface area contributed by atoms with Gasteiger partial charge in [0.25, 0.3) is 12.0 Å². The molecule has 7 heteroatoms. The van der Waals surface area contributed by atoms with Gasteiger partial charge in [-0.25, -0.2) is 13.8 Å². The minimum Gasteiger partial charge on any atom is -0.354 e. The molecule has 0 aliphatic carbocycles. The zero-order valence-corrected chi connectivity index (χ0v) is 11.5. The third-order valence-corrected chi connectivity index (χ3v) is 2.89.